The molecule has 4 rings (SSSR count). The molecule has 2 aromatic carbocycles. The van der Waals surface area contributed by atoms with Gasteiger partial charge in [0.15, 0.2) is 10.3 Å². The quantitative estimate of drug-likeness (QED) is 0.262. The fourth-order valence-electron chi connectivity index (χ4n) is 2.57. The van der Waals surface area contributed by atoms with Gasteiger partial charge in [-0.25, -0.2) is 19.3 Å². The lowest BCUT2D eigenvalue weighted by Crippen LogP contribution is -2.15. The van der Waals surface area contributed by atoms with Crippen molar-refractivity contribution in [2.75, 3.05) is 5.32 Å². The standard InChI is InChI=1S/C22H17FN4OS3/c1-14-11-24-22(30-14)27-20(28)19-18(31-17-5-3-2-4-6-17)12-25-21(26-19)29-13-15-7-9-16(23)10-8-15/h2-12H,13H2,1H3,(H,24,27,28). The van der Waals surface area contributed by atoms with Crippen LogP contribution in [-0.2, 0) is 5.75 Å². The van der Waals surface area contributed by atoms with Gasteiger partial charge in [0.05, 0.1) is 4.90 Å². The van der Waals surface area contributed by atoms with Crippen LogP contribution >= 0.6 is 34.9 Å². The molecule has 31 heavy (non-hydrogen) atoms. The van der Waals surface area contributed by atoms with Crippen molar-refractivity contribution in [2.45, 2.75) is 27.6 Å². The number of nitrogens with one attached hydrogen (secondary N) is 1. The minimum Gasteiger partial charge on any atom is -0.296 e. The first-order chi connectivity index (χ1) is 15.1. The molecule has 0 saturated heterocycles. The third kappa shape index (κ3) is 5.90. The Morgan fingerprint density at radius 3 is 2.55 bits per heavy atom. The molecule has 2 aromatic heterocycles. The van der Waals surface area contributed by atoms with Crippen molar-refractivity contribution in [3.8, 4) is 0 Å². The first-order valence-corrected chi connectivity index (χ1v) is 11.9. The SMILES string of the molecule is Cc1cnc(NC(=O)c2nc(SCc3ccc(F)cc3)ncc2Sc2ccccc2)s1. The van der Waals surface area contributed by atoms with Gasteiger partial charge in [-0.05, 0) is 36.8 Å². The molecule has 0 aliphatic rings. The van der Waals surface area contributed by atoms with Gasteiger partial charge in [0, 0.05) is 27.9 Å². The summed E-state index contributed by atoms with van der Waals surface area (Å²) >= 11 is 4.22. The summed E-state index contributed by atoms with van der Waals surface area (Å²) in [5.41, 5.74) is 1.24. The van der Waals surface area contributed by atoms with Gasteiger partial charge in [0.25, 0.3) is 5.91 Å². The normalized spacial score (nSPS) is 10.8. The fourth-order valence-corrected chi connectivity index (χ4v) is 4.89. The second kappa shape index (κ2) is 10.0. The fraction of sp³-hybridized carbons (Fsp3) is 0.0909. The molecule has 0 aliphatic heterocycles. The number of aromatic nitrogens is 3. The van der Waals surface area contributed by atoms with Crippen molar-refractivity contribution in [1.29, 1.82) is 0 Å². The van der Waals surface area contributed by atoms with Crippen molar-refractivity contribution >= 4 is 45.9 Å². The maximum atomic E-state index is 13.1. The van der Waals surface area contributed by atoms with E-state index in [0.717, 1.165) is 15.3 Å². The van der Waals surface area contributed by atoms with E-state index < -0.39 is 0 Å². The van der Waals surface area contributed by atoms with Crippen LogP contribution in [0.4, 0.5) is 9.52 Å². The highest BCUT2D eigenvalue weighted by molar-refractivity contribution is 7.99. The Kier molecular flexibility index (Phi) is 6.96. The van der Waals surface area contributed by atoms with Crippen LogP contribution in [0.2, 0.25) is 0 Å². The monoisotopic (exact) mass is 468 g/mol. The predicted octanol–water partition coefficient (Wildman–Crippen LogP) is 6.08. The maximum Gasteiger partial charge on any atom is 0.277 e. The topological polar surface area (TPSA) is 67.8 Å². The number of halogens is 1. The molecule has 0 fully saturated rings. The average molecular weight is 469 g/mol. The number of aryl methyl sites for hydroxylation is 1. The van der Waals surface area contributed by atoms with Crippen LogP contribution in [0.1, 0.15) is 20.9 Å². The minimum atomic E-state index is -0.334. The highest BCUT2D eigenvalue weighted by Gasteiger charge is 2.18. The lowest BCUT2D eigenvalue weighted by molar-refractivity contribution is 0.101. The Balaban J connectivity index is 1.58. The van der Waals surface area contributed by atoms with Crippen molar-refractivity contribution in [2.24, 2.45) is 0 Å². The molecule has 9 heteroatoms. The number of nitrogens with zero attached hydrogens (tertiary/aromatic N) is 3. The van der Waals surface area contributed by atoms with E-state index in [1.165, 1.54) is 47.0 Å². The Labute approximate surface area is 191 Å². The molecule has 5 nitrogen and oxygen atoms in total. The summed E-state index contributed by atoms with van der Waals surface area (Å²) in [4.78, 5) is 28.8. The van der Waals surface area contributed by atoms with E-state index in [0.29, 0.717) is 26.6 Å². The number of hydrogen-bond donors (Lipinski definition) is 1. The maximum absolute atomic E-state index is 13.1. The zero-order valence-electron chi connectivity index (χ0n) is 16.4. The Hall–Kier alpha value is -2.75. The highest BCUT2D eigenvalue weighted by Crippen LogP contribution is 2.31. The number of carbonyl (C=O) groups excluding carboxylic acids is 1. The molecule has 0 atom stereocenters. The second-order valence-corrected chi connectivity index (χ2v) is 9.72. The number of rotatable bonds is 7. The average Bonchev–Trinajstić information content (AvgIpc) is 3.19. The minimum absolute atomic E-state index is 0.274. The van der Waals surface area contributed by atoms with Crippen LogP contribution in [0.15, 0.2) is 81.9 Å². The molecule has 0 aliphatic carbocycles. The summed E-state index contributed by atoms with van der Waals surface area (Å²) in [5, 5.41) is 3.83. The largest absolute Gasteiger partial charge is 0.296 e. The van der Waals surface area contributed by atoms with E-state index in [-0.39, 0.29) is 11.7 Å². The van der Waals surface area contributed by atoms with E-state index in [1.807, 2.05) is 37.3 Å². The summed E-state index contributed by atoms with van der Waals surface area (Å²) in [5.74, 6) is -0.0412. The van der Waals surface area contributed by atoms with E-state index in [9.17, 15) is 9.18 Å². The van der Waals surface area contributed by atoms with E-state index in [1.54, 1.807) is 24.5 Å². The van der Waals surface area contributed by atoms with Gasteiger partial charge in [-0.3, -0.25) is 10.1 Å². The second-order valence-electron chi connectivity index (χ2n) is 6.43. The van der Waals surface area contributed by atoms with Crippen molar-refractivity contribution in [3.05, 3.63) is 88.9 Å². The van der Waals surface area contributed by atoms with Gasteiger partial charge in [-0.15, -0.1) is 11.3 Å². The molecule has 0 bridgehead atoms. The highest BCUT2D eigenvalue weighted by atomic mass is 32.2. The van der Waals surface area contributed by atoms with Gasteiger partial charge in [-0.1, -0.05) is 53.9 Å². The lowest BCUT2D eigenvalue weighted by atomic mass is 10.2. The van der Waals surface area contributed by atoms with Crippen LogP contribution in [-0.4, -0.2) is 20.9 Å². The number of anilines is 1. The van der Waals surface area contributed by atoms with Gasteiger partial charge >= 0.3 is 0 Å². The Bertz CT molecular complexity index is 1180. The molecular formula is C22H17FN4OS3. The van der Waals surface area contributed by atoms with Crippen LogP contribution in [0.5, 0.6) is 0 Å². The molecule has 0 spiro atoms. The van der Waals surface area contributed by atoms with Crippen LogP contribution in [0.25, 0.3) is 0 Å². The van der Waals surface area contributed by atoms with Crippen LogP contribution < -0.4 is 5.32 Å². The molecule has 0 radical (unpaired) electrons. The van der Waals surface area contributed by atoms with Gasteiger partial charge in [-0.2, -0.15) is 0 Å². The summed E-state index contributed by atoms with van der Waals surface area (Å²) < 4.78 is 13.1. The molecule has 0 saturated carbocycles. The van der Waals surface area contributed by atoms with Crippen molar-refractivity contribution in [1.82, 2.24) is 15.0 Å². The number of amides is 1. The number of benzene rings is 2. The van der Waals surface area contributed by atoms with E-state index in [2.05, 4.69) is 20.3 Å². The third-order valence-electron chi connectivity index (χ3n) is 4.04. The molecule has 156 valence electrons. The number of hydrogen-bond acceptors (Lipinski definition) is 7. The van der Waals surface area contributed by atoms with Crippen LogP contribution in [0, 0.1) is 12.7 Å². The zero-order chi connectivity index (χ0) is 21.6. The van der Waals surface area contributed by atoms with Crippen molar-refractivity contribution < 1.29 is 9.18 Å². The lowest BCUT2D eigenvalue weighted by Gasteiger charge is -2.09. The third-order valence-corrected chi connectivity index (χ3v) is 6.83. The molecule has 2 heterocycles. The number of carbonyl (C=O) groups is 1. The zero-order valence-corrected chi connectivity index (χ0v) is 18.9. The molecule has 4 aromatic rings. The van der Waals surface area contributed by atoms with Crippen molar-refractivity contribution in [3.63, 3.8) is 0 Å². The van der Waals surface area contributed by atoms with Gasteiger partial charge in [0.2, 0.25) is 0 Å². The number of thioether (sulfide) groups is 1. The summed E-state index contributed by atoms with van der Waals surface area (Å²) in [7, 11) is 0. The van der Waals surface area contributed by atoms with Gasteiger partial charge in [0.1, 0.15) is 11.5 Å². The number of thiazole rings is 1. The van der Waals surface area contributed by atoms with E-state index >= 15 is 0 Å². The predicted molar refractivity (Wildman–Crippen MR) is 123 cm³/mol. The molecule has 0 unspecified atom stereocenters. The first kappa shape index (κ1) is 21.5. The summed E-state index contributed by atoms with van der Waals surface area (Å²) in [6.45, 7) is 1.93. The molecular weight excluding hydrogens is 451 g/mol. The summed E-state index contributed by atoms with van der Waals surface area (Å²) in [6, 6.07) is 16.0. The Morgan fingerprint density at radius 1 is 1.06 bits per heavy atom. The van der Waals surface area contributed by atoms with Crippen LogP contribution in [0.3, 0.4) is 0 Å². The molecule has 1 amide bonds. The van der Waals surface area contributed by atoms with Gasteiger partial charge < -0.3 is 0 Å². The molecule has 1 N–H and O–H groups in total. The van der Waals surface area contributed by atoms with E-state index in [4.69, 9.17) is 0 Å². The first-order valence-electron chi connectivity index (χ1n) is 9.28. The smallest absolute Gasteiger partial charge is 0.277 e. The summed E-state index contributed by atoms with van der Waals surface area (Å²) in [6.07, 6.45) is 3.38. The Morgan fingerprint density at radius 2 is 1.84 bits per heavy atom.